The van der Waals surface area contributed by atoms with Crippen LogP contribution in [0.1, 0.15) is 5.56 Å². The van der Waals surface area contributed by atoms with Gasteiger partial charge in [0.2, 0.25) is 5.78 Å². The number of para-hydroxylation sites is 1. The highest BCUT2D eigenvalue weighted by Gasteiger charge is 2.49. The first-order valence-electron chi connectivity index (χ1n) is 7.28. The van der Waals surface area contributed by atoms with Crippen molar-refractivity contribution in [1.29, 1.82) is 0 Å². The molecule has 1 unspecified atom stereocenters. The van der Waals surface area contributed by atoms with Crippen LogP contribution >= 0.6 is 0 Å². The molecule has 128 valence electrons. The topological polar surface area (TPSA) is 114 Å². The van der Waals surface area contributed by atoms with Crippen molar-refractivity contribution in [2.75, 3.05) is 0 Å². The van der Waals surface area contributed by atoms with Crippen molar-refractivity contribution in [3.63, 3.8) is 0 Å². The molecule has 2 aromatic rings. The summed E-state index contributed by atoms with van der Waals surface area (Å²) in [6.07, 6.45) is 2.16. The van der Waals surface area contributed by atoms with E-state index in [2.05, 4.69) is 17.0 Å². The predicted octanol–water partition coefficient (Wildman–Crippen LogP) is 1.92. The van der Waals surface area contributed by atoms with Gasteiger partial charge in [-0.2, -0.15) is 0 Å². The number of carbonyl (C=O) groups is 2. The van der Waals surface area contributed by atoms with Crippen LogP contribution in [0.25, 0.3) is 0 Å². The Morgan fingerprint density at radius 3 is 2.52 bits per heavy atom. The van der Waals surface area contributed by atoms with Gasteiger partial charge in [-0.1, -0.05) is 36.9 Å². The lowest BCUT2D eigenvalue weighted by Crippen LogP contribution is -2.48. The molecule has 0 bridgehead atoms. The molecule has 25 heavy (non-hydrogen) atoms. The minimum Gasteiger partial charge on any atom is -0.478 e. The summed E-state index contributed by atoms with van der Waals surface area (Å²) in [4.78, 5) is 28.6. The standard InChI is InChI=1S/C18H17N3O4/c1-2-16(22)18(17(23)24,25-15-9-4-3-5-10-15)13-7-6-8-14(11-13)20-12-21-19/h2-12H,1,19H2,(H,20,21)(H,23,24). The second-order valence-electron chi connectivity index (χ2n) is 4.95. The van der Waals surface area contributed by atoms with E-state index in [-0.39, 0.29) is 11.3 Å². The minimum atomic E-state index is -2.27. The number of carboxylic acid groups (broad SMARTS) is 1. The summed E-state index contributed by atoms with van der Waals surface area (Å²) < 4.78 is 5.65. The molecule has 0 aromatic heterocycles. The van der Waals surface area contributed by atoms with Crippen molar-refractivity contribution in [2.45, 2.75) is 5.60 Å². The zero-order chi connectivity index (χ0) is 18.3. The first-order chi connectivity index (χ1) is 12.0. The van der Waals surface area contributed by atoms with Crippen molar-refractivity contribution in [1.82, 2.24) is 5.43 Å². The van der Waals surface area contributed by atoms with E-state index in [1.54, 1.807) is 42.5 Å². The quantitative estimate of drug-likeness (QED) is 0.169. The number of benzene rings is 2. The van der Waals surface area contributed by atoms with Crippen LogP contribution in [0.2, 0.25) is 0 Å². The third kappa shape index (κ3) is 3.73. The molecule has 0 amide bonds. The fraction of sp³-hybridized carbons (Fsp3) is 0.0556. The van der Waals surface area contributed by atoms with Crippen LogP contribution in [0, 0.1) is 0 Å². The highest BCUT2D eigenvalue weighted by Crippen LogP contribution is 2.32. The van der Waals surface area contributed by atoms with E-state index < -0.39 is 17.4 Å². The molecule has 0 saturated heterocycles. The molecule has 0 spiro atoms. The smallest absolute Gasteiger partial charge is 0.361 e. The summed E-state index contributed by atoms with van der Waals surface area (Å²) in [7, 11) is 0. The average molecular weight is 339 g/mol. The number of carboxylic acids is 1. The van der Waals surface area contributed by atoms with Crippen LogP contribution < -0.4 is 16.0 Å². The molecule has 0 aliphatic heterocycles. The van der Waals surface area contributed by atoms with Crippen LogP contribution in [0.3, 0.4) is 0 Å². The van der Waals surface area contributed by atoms with Gasteiger partial charge < -0.3 is 15.3 Å². The number of nitrogens with zero attached hydrogens (tertiary/aromatic N) is 1. The Balaban J connectivity index is 2.61. The van der Waals surface area contributed by atoms with Gasteiger partial charge in [0.05, 0.1) is 5.69 Å². The molecule has 0 radical (unpaired) electrons. The Morgan fingerprint density at radius 1 is 1.20 bits per heavy atom. The number of rotatable bonds is 8. The van der Waals surface area contributed by atoms with Gasteiger partial charge in [0, 0.05) is 5.56 Å². The van der Waals surface area contributed by atoms with Crippen molar-refractivity contribution < 1.29 is 19.4 Å². The summed E-state index contributed by atoms with van der Waals surface area (Å²) in [6.45, 7) is 3.40. The zero-order valence-electron chi connectivity index (χ0n) is 13.3. The largest absolute Gasteiger partial charge is 0.478 e. The normalized spacial score (nSPS) is 13.0. The SMILES string of the molecule is C=CC(=O)C(Oc1ccccc1)(C(=O)O)c1cccc(N=CNN)c1. The van der Waals surface area contributed by atoms with Crippen LogP contribution in [0.5, 0.6) is 5.75 Å². The summed E-state index contributed by atoms with van der Waals surface area (Å²) in [5.74, 6) is 3.11. The van der Waals surface area contributed by atoms with Crippen LogP contribution in [-0.2, 0) is 15.2 Å². The molecular weight excluding hydrogens is 322 g/mol. The van der Waals surface area contributed by atoms with Crippen LogP contribution in [-0.4, -0.2) is 23.2 Å². The number of ketones is 1. The van der Waals surface area contributed by atoms with Gasteiger partial charge in [-0.3, -0.25) is 4.79 Å². The Hall–Kier alpha value is -3.45. The molecule has 0 fully saturated rings. The number of hydrogen-bond acceptors (Lipinski definition) is 5. The number of aliphatic imine (C=N–C) groups is 1. The lowest BCUT2D eigenvalue weighted by atomic mass is 9.88. The van der Waals surface area contributed by atoms with Crippen molar-refractivity contribution >= 4 is 23.8 Å². The van der Waals surface area contributed by atoms with E-state index in [0.29, 0.717) is 5.69 Å². The summed E-state index contributed by atoms with van der Waals surface area (Å²) in [5.41, 5.74) is 0.485. The third-order valence-electron chi connectivity index (χ3n) is 3.39. The van der Waals surface area contributed by atoms with Gasteiger partial charge in [-0.05, 0) is 30.3 Å². The molecule has 7 heteroatoms. The fourth-order valence-electron chi connectivity index (χ4n) is 2.25. The maximum atomic E-state index is 12.5. The maximum absolute atomic E-state index is 12.5. The monoisotopic (exact) mass is 339 g/mol. The van der Waals surface area contributed by atoms with E-state index in [1.165, 1.54) is 18.5 Å². The molecule has 7 nitrogen and oxygen atoms in total. The second-order valence-corrected chi connectivity index (χ2v) is 4.95. The highest BCUT2D eigenvalue weighted by atomic mass is 16.5. The first-order valence-corrected chi connectivity index (χ1v) is 7.28. The maximum Gasteiger partial charge on any atom is 0.361 e. The number of hydrogen-bond donors (Lipinski definition) is 3. The molecule has 0 aliphatic rings. The first kappa shape index (κ1) is 17.9. The average Bonchev–Trinajstić information content (AvgIpc) is 2.64. The second kappa shape index (κ2) is 7.89. The van der Waals surface area contributed by atoms with Crippen LogP contribution in [0.15, 0.2) is 72.2 Å². The van der Waals surface area contributed by atoms with E-state index >= 15 is 0 Å². The zero-order valence-corrected chi connectivity index (χ0v) is 13.3. The number of nitrogens with two attached hydrogens (primary N) is 1. The fourth-order valence-corrected chi connectivity index (χ4v) is 2.25. The third-order valence-corrected chi connectivity index (χ3v) is 3.39. The molecule has 0 aliphatic carbocycles. The Kier molecular flexibility index (Phi) is 5.65. The molecule has 0 saturated carbocycles. The number of ether oxygens (including phenoxy) is 1. The molecule has 1 atom stereocenters. The summed E-state index contributed by atoms with van der Waals surface area (Å²) >= 11 is 0. The molecular formula is C18H17N3O4. The van der Waals surface area contributed by atoms with E-state index in [0.717, 1.165) is 6.08 Å². The van der Waals surface area contributed by atoms with E-state index in [4.69, 9.17) is 10.6 Å². The molecule has 4 N–H and O–H groups in total. The van der Waals surface area contributed by atoms with E-state index in [9.17, 15) is 14.7 Å². The Morgan fingerprint density at radius 2 is 1.92 bits per heavy atom. The van der Waals surface area contributed by atoms with Gasteiger partial charge >= 0.3 is 5.97 Å². The van der Waals surface area contributed by atoms with Crippen LogP contribution in [0.4, 0.5) is 5.69 Å². The van der Waals surface area contributed by atoms with Gasteiger partial charge in [-0.15, -0.1) is 0 Å². The lowest BCUT2D eigenvalue weighted by Gasteiger charge is -2.28. The number of nitrogens with one attached hydrogen (secondary N) is 1. The van der Waals surface area contributed by atoms with Crippen molar-refractivity contribution in [3.05, 3.63) is 72.8 Å². The predicted molar refractivity (Wildman–Crippen MR) is 93.5 cm³/mol. The molecule has 2 rings (SSSR count). The Bertz CT molecular complexity index is 805. The number of hydrazine groups is 1. The van der Waals surface area contributed by atoms with Gasteiger partial charge in [0.25, 0.3) is 5.60 Å². The number of carbonyl (C=O) groups excluding carboxylic acids is 1. The number of aliphatic carboxylic acids is 1. The summed E-state index contributed by atoms with van der Waals surface area (Å²) in [6, 6.07) is 14.3. The molecule has 0 heterocycles. The van der Waals surface area contributed by atoms with Crippen molar-refractivity contribution in [3.8, 4) is 5.75 Å². The lowest BCUT2D eigenvalue weighted by molar-refractivity contribution is -0.161. The van der Waals surface area contributed by atoms with Gasteiger partial charge in [0.1, 0.15) is 12.1 Å². The van der Waals surface area contributed by atoms with Crippen molar-refractivity contribution in [2.24, 2.45) is 10.8 Å². The highest BCUT2D eigenvalue weighted by molar-refractivity contribution is 6.12. The van der Waals surface area contributed by atoms with Gasteiger partial charge in [0.15, 0.2) is 0 Å². The molecule has 2 aromatic carbocycles. The van der Waals surface area contributed by atoms with Gasteiger partial charge in [-0.25, -0.2) is 15.6 Å². The summed E-state index contributed by atoms with van der Waals surface area (Å²) in [5, 5.41) is 9.84. The Labute approximate surface area is 144 Å². The minimum absolute atomic E-state index is 0.112. The van der Waals surface area contributed by atoms with E-state index in [1.807, 2.05) is 0 Å².